The van der Waals surface area contributed by atoms with E-state index in [4.69, 9.17) is 4.74 Å². The predicted octanol–water partition coefficient (Wildman–Crippen LogP) is 3.52. The number of nitrogens with zero attached hydrogens (tertiary/aromatic N) is 1. The molecule has 15 heavy (non-hydrogen) atoms. The third-order valence-electron chi connectivity index (χ3n) is 2.12. The van der Waals surface area contributed by atoms with Crippen LogP contribution in [0.3, 0.4) is 0 Å². The second-order valence-corrected chi connectivity index (χ2v) is 4.01. The fourth-order valence-corrected chi connectivity index (χ4v) is 1.81. The Kier molecular flexibility index (Phi) is 3.02. The molecule has 0 fully saturated rings. The van der Waals surface area contributed by atoms with E-state index in [1.54, 1.807) is 13.3 Å². The van der Waals surface area contributed by atoms with E-state index in [-0.39, 0.29) is 0 Å². The summed E-state index contributed by atoms with van der Waals surface area (Å²) < 4.78 is 6.26. The second-order valence-electron chi connectivity index (χ2n) is 3.09. The van der Waals surface area contributed by atoms with E-state index >= 15 is 0 Å². The van der Waals surface area contributed by atoms with E-state index in [2.05, 4.69) is 20.9 Å². The standard InChI is InChI=1S/C12H10BrNO/c1-15-12-5-3-2-4-11(12)9-6-10(13)8-14-7-9/h2-8H,1H3. The molecule has 0 radical (unpaired) electrons. The monoisotopic (exact) mass is 263 g/mol. The largest absolute Gasteiger partial charge is 0.496 e. The molecule has 0 saturated carbocycles. The van der Waals surface area contributed by atoms with Gasteiger partial charge in [-0.15, -0.1) is 0 Å². The summed E-state index contributed by atoms with van der Waals surface area (Å²) in [5.74, 6) is 0.859. The number of ether oxygens (including phenoxy) is 1. The molecule has 1 heterocycles. The van der Waals surface area contributed by atoms with Gasteiger partial charge in [0, 0.05) is 28.0 Å². The molecule has 2 aromatic rings. The molecule has 0 aliphatic rings. The van der Waals surface area contributed by atoms with Crippen LogP contribution in [0, 0.1) is 0 Å². The predicted molar refractivity (Wildman–Crippen MR) is 63.9 cm³/mol. The van der Waals surface area contributed by atoms with Crippen LogP contribution < -0.4 is 4.74 Å². The first-order valence-electron chi connectivity index (χ1n) is 4.55. The highest BCUT2D eigenvalue weighted by Crippen LogP contribution is 2.30. The molecule has 3 heteroatoms. The quantitative estimate of drug-likeness (QED) is 0.827. The number of aromatic nitrogens is 1. The lowest BCUT2D eigenvalue weighted by molar-refractivity contribution is 0.416. The van der Waals surface area contributed by atoms with E-state index in [0.29, 0.717) is 0 Å². The highest BCUT2D eigenvalue weighted by atomic mass is 79.9. The number of benzene rings is 1. The van der Waals surface area contributed by atoms with E-state index in [1.165, 1.54) is 0 Å². The first-order chi connectivity index (χ1) is 7.31. The first kappa shape index (κ1) is 10.2. The molecular weight excluding hydrogens is 254 g/mol. The van der Waals surface area contributed by atoms with Crippen LogP contribution in [0.5, 0.6) is 5.75 Å². The van der Waals surface area contributed by atoms with Crippen LogP contribution in [0.2, 0.25) is 0 Å². The molecule has 0 bridgehead atoms. The lowest BCUT2D eigenvalue weighted by atomic mass is 10.1. The highest BCUT2D eigenvalue weighted by Gasteiger charge is 2.04. The Morgan fingerprint density at radius 3 is 2.73 bits per heavy atom. The van der Waals surface area contributed by atoms with Crippen molar-refractivity contribution in [2.45, 2.75) is 0 Å². The van der Waals surface area contributed by atoms with Crippen molar-refractivity contribution in [1.82, 2.24) is 4.98 Å². The maximum Gasteiger partial charge on any atom is 0.126 e. The van der Waals surface area contributed by atoms with Crippen molar-refractivity contribution in [2.24, 2.45) is 0 Å². The Morgan fingerprint density at radius 2 is 2.00 bits per heavy atom. The summed E-state index contributed by atoms with van der Waals surface area (Å²) in [6.07, 6.45) is 3.58. The number of hydrogen-bond acceptors (Lipinski definition) is 2. The summed E-state index contributed by atoms with van der Waals surface area (Å²) in [4.78, 5) is 4.13. The summed E-state index contributed by atoms with van der Waals surface area (Å²) in [5.41, 5.74) is 2.09. The SMILES string of the molecule is COc1ccccc1-c1cncc(Br)c1. The number of pyridine rings is 1. The minimum absolute atomic E-state index is 0.859. The minimum atomic E-state index is 0.859. The molecule has 0 spiro atoms. The average molecular weight is 264 g/mol. The average Bonchev–Trinajstić information content (AvgIpc) is 2.29. The molecule has 76 valence electrons. The number of para-hydroxylation sites is 1. The maximum atomic E-state index is 5.30. The first-order valence-corrected chi connectivity index (χ1v) is 5.34. The van der Waals surface area contributed by atoms with Gasteiger partial charge >= 0.3 is 0 Å². The fourth-order valence-electron chi connectivity index (χ4n) is 1.44. The molecule has 0 amide bonds. The summed E-state index contributed by atoms with van der Waals surface area (Å²) in [6, 6.07) is 9.91. The van der Waals surface area contributed by atoms with Crippen molar-refractivity contribution in [3.05, 3.63) is 47.2 Å². The Labute approximate surface area is 97.1 Å². The van der Waals surface area contributed by atoms with Crippen LogP contribution in [0.25, 0.3) is 11.1 Å². The van der Waals surface area contributed by atoms with Gasteiger partial charge in [-0.25, -0.2) is 0 Å². The van der Waals surface area contributed by atoms with E-state index in [0.717, 1.165) is 21.3 Å². The third-order valence-corrected chi connectivity index (χ3v) is 2.56. The van der Waals surface area contributed by atoms with Crippen LogP contribution in [0.4, 0.5) is 0 Å². The zero-order chi connectivity index (χ0) is 10.7. The van der Waals surface area contributed by atoms with Gasteiger partial charge in [-0.05, 0) is 28.1 Å². The van der Waals surface area contributed by atoms with Crippen molar-refractivity contribution < 1.29 is 4.74 Å². The summed E-state index contributed by atoms with van der Waals surface area (Å²) in [7, 11) is 1.67. The van der Waals surface area contributed by atoms with Crippen molar-refractivity contribution in [3.8, 4) is 16.9 Å². The third kappa shape index (κ3) is 2.18. The van der Waals surface area contributed by atoms with Gasteiger partial charge in [0.05, 0.1) is 7.11 Å². The van der Waals surface area contributed by atoms with Crippen LogP contribution in [-0.4, -0.2) is 12.1 Å². The fraction of sp³-hybridized carbons (Fsp3) is 0.0833. The number of hydrogen-bond donors (Lipinski definition) is 0. The van der Waals surface area contributed by atoms with Crippen molar-refractivity contribution >= 4 is 15.9 Å². The Balaban J connectivity index is 2.53. The van der Waals surface area contributed by atoms with Gasteiger partial charge in [-0.2, -0.15) is 0 Å². The topological polar surface area (TPSA) is 22.1 Å². The Hall–Kier alpha value is -1.35. The maximum absolute atomic E-state index is 5.30. The molecule has 0 aliphatic carbocycles. The minimum Gasteiger partial charge on any atom is -0.496 e. The summed E-state index contributed by atoms with van der Waals surface area (Å²) in [5, 5.41) is 0. The van der Waals surface area contributed by atoms with E-state index in [1.807, 2.05) is 36.5 Å². The zero-order valence-corrected chi connectivity index (χ0v) is 9.86. The Bertz CT molecular complexity index is 471. The van der Waals surface area contributed by atoms with E-state index in [9.17, 15) is 0 Å². The molecule has 1 aromatic carbocycles. The van der Waals surface area contributed by atoms with E-state index < -0.39 is 0 Å². The molecule has 0 saturated heterocycles. The van der Waals surface area contributed by atoms with Crippen LogP contribution in [-0.2, 0) is 0 Å². The molecule has 2 nitrogen and oxygen atoms in total. The number of rotatable bonds is 2. The highest BCUT2D eigenvalue weighted by molar-refractivity contribution is 9.10. The molecular formula is C12H10BrNO. The normalized spacial score (nSPS) is 10.0. The smallest absolute Gasteiger partial charge is 0.126 e. The van der Waals surface area contributed by atoms with Gasteiger partial charge in [0.1, 0.15) is 5.75 Å². The molecule has 0 N–H and O–H groups in total. The van der Waals surface area contributed by atoms with Crippen LogP contribution in [0.1, 0.15) is 0 Å². The van der Waals surface area contributed by atoms with Crippen molar-refractivity contribution in [1.29, 1.82) is 0 Å². The second kappa shape index (κ2) is 4.45. The number of methoxy groups -OCH3 is 1. The lowest BCUT2D eigenvalue weighted by Crippen LogP contribution is -1.87. The Morgan fingerprint density at radius 1 is 1.20 bits per heavy atom. The molecule has 0 atom stereocenters. The lowest BCUT2D eigenvalue weighted by Gasteiger charge is -2.07. The molecule has 1 aromatic heterocycles. The van der Waals surface area contributed by atoms with Crippen LogP contribution >= 0.6 is 15.9 Å². The molecule has 0 aliphatic heterocycles. The van der Waals surface area contributed by atoms with Crippen LogP contribution in [0.15, 0.2) is 47.2 Å². The van der Waals surface area contributed by atoms with Gasteiger partial charge in [-0.3, -0.25) is 4.98 Å². The summed E-state index contributed by atoms with van der Waals surface area (Å²) >= 11 is 3.40. The number of halogens is 1. The van der Waals surface area contributed by atoms with Crippen molar-refractivity contribution in [3.63, 3.8) is 0 Å². The van der Waals surface area contributed by atoms with Gasteiger partial charge < -0.3 is 4.74 Å². The van der Waals surface area contributed by atoms with Gasteiger partial charge in [0.25, 0.3) is 0 Å². The molecule has 0 unspecified atom stereocenters. The zero-order valence-electron chi connectivity index (χ0n) is 8.27. The molecule has 2 rings (SSSR count). The van der Waals surface area contributed by atoms with Crippen molar-refractivity contribution in [2.75, 3.05) is 7.11 Å². The van der Waals surface area contributed by atoms with Gasteiger partial charge in [-0.1, -0.05) is 18.2 Å². The van der Waals surface area contributed by atoms with Gasteiger partial charge in [0.2, 0.25) is 0 Å². The van der Waals surface area contributed by atoms with Gasteiger partial charge in [0.15, 0.2) is 0 Å². The summed E-state index contributed by atoms with van der Waals surface area (Å²) in [6.45, 7) is 0.